The Morgan fingerprint density at radius 1 is 1.03 bits per heavy atom. The average molecular weight is 463 g/mol. The van der Waals surface area contributed by atoms with Gasteiger partial charge >= 0.3 is 6.18 Å². The topological polar surface area (TPSA) is 66.5 Å². The number of rotatable bonds is 6. The van der Waals surface area contributed by atoms with Crippen molar-refractivity contribution in [2.45, 2.75) is 82.5 Å². The zero-order valence-corrected chi connectivity index (χ0v) is 18.5. The summed E-state index contributed by atoms with van der Waals surface area (Å²) in [4.78, 5) is 40.0. The first-order chi connectivity index (χ1) is 15.7. The molecule has 178 valence electrons. The number of Topliss-reactive ketones (excluding diaryl/α,β-unsaturated/α-hetero) is 1. The number of hydrogen-bond acceptors (Lipinski definition) is 3. The summed E-state index contributed by atoms with van der Waals surface area (Å²) in [5.74, 6) is -2.53. The van der Waals surface area contributed by atoms with Gasteiger partial charge in [-0.3, -0.25) is 14.4 Å². The molecule has 33 heavy (non-hydrogen) atoms. The second-order valence-electron chi connectivity index (χ2n) is 9.31. The monoisotopic (exact) mass is 462 g/mol. The normalized spacial score (nSPS) is 24.3. The molecule has 1 aromatic rings. The fourth-order valence-electron chi connectivity index (χ4n) is 5.42. The van der Waals surface area contributed by atoms with Gasteiger partial charge in [-0.15, -0.1) is 0 Å². The van der Waals surface area contributed by atoms with Crippen LogP contribution in [0.4, 0.5) is 13.2 Å². The Kier molecular flexibility index (Phi) is 6.64. The molecular weight excluding hydrogens is 433 g/mol. The van der Waals surface area contributed by atoms with Gasteiger partial charge in [-0.1, -0.05) is 62.4 Å². The Hall–Kier alpha value is -2.64. The zero-order valence-electron chi connectivity index (χ0n) is 18.5. The highest BCUT2D eigenvalue weighted by atomic mass is 19.4. The third-order valence-electron chi connectivity index (χ3n) is 7.09. The van der Waals surface area contributed by atoms with E-state index in [1.807, 2.05) is 5.32 Å². The summed E-state index contributed by atoms with van der Waals surface area (Å²) in [6, 6.07) is 8.68. The molecule has 1 fully saturated rings. The van der Waals surface area contributed by atoms with Gasteiger partial charge in [0.25, 0.3) is 5.91 Å². The van der Waals surface area contributed by atoms with Crippen LogP contribution >= 0.6 is 0 Å². The van der Waals surface area contributed by atoms with Crippen LogP contribution in [-0.2, 0) is 20.9 Å². The largest absolute Gasteiger partial charge is 0.425 e. The zero-order chi connectivity index (χ0) is 23.6. The first kappa shape index (κ1) is 23.5. The summed E-state index contributed by atoms with van der Waals surface area (Å²) in [6.45, 7) is -0.0818. The SMILES string of the molecule is O=C(CCC1CCCCC1)N[C@]1(C(F)(F)F)C(=O)N(Cc2ccccc2)C2=C1C(=O)CCC2. The van der Waals surface area contributed by atoms with Gasteiger partial charge in [-0.25, -0.2) is 0 Å². The summed E-state index contributed by atoms with van der Waals surface area (Å²) < 4.78 is 43.9. The van der Waals surface area contributed by atoms with E-state index in [1.165, 1.54) is 0 Å². The number of hydrogen-bond donors (Lipinski definition) is 1. The standard InChI is InChI=1S/C25H29F3N2O3/c26-25(27,28)24(29-21(32)15-14-17-8-3-1-4-9-17)22-19(12-7-13-20(22)31)30(23(24)33)16-18-10-5-2-6-11-18/h2,5-6,10-11,17H,1,3-4,7-9,12-16H2,(H,29,32)/t24-/m0/s1. The molecule has 0 radical (unpaired) electrons. The molecule has 0 unspecified atom stereocenters. The van der Waals surface area contributed by atoms with Crippen LogP contribution in [0.15, 0.2) is 41.6 Å². The highest BCUT2D eigenvalue weighted by molar-refractivity contribution is 6.13. The van der Waals surface area contributed by atoms with Crippen LogP contribution in [0.3, 0.4) is 0 Å². The lowest BCUT2D eigenvalue weighted by atomic mass is 9.81. The Morgan fingerprint density at radius 2 is 1.73 bits per heavy atom. The van der Waals surface area contributed by atoms with Crippen molar-refractivity contribution in [1.29, 1.82) is 0 Å². The fraction of sp³-hybridized carbons (Fsp3) is 0.560. The van der Waals surface area contributed by atoms with Crippen LogP contribution in [0.1, 0.15) is 69.8 Å². The second-order valence-corrected chi connectivity index (χ2v) is 9.31. The van der Waals surface area contributed by atoms with Gasteiger partial charge < -0.3 is 10.2 Å². The smallest absolute Gasteiger partial charge is 0.330 e. The van der Waals surface area contributed by atoms with Gasteiger partial charge in [0, 0.05) is 18.5 Å². The first-order valence-electron chi connectivity index (χ1n) is 11.7. The van der Waals surface area contributed by atoms with E-state index in [1.54, 1.807) is 30.3 Å². The summed E-state index contributed by atoms with van der Waals surface area (Å²) in [7, 11) is 0. The molecule has 8 heteroatoms. The van der Waals surface area contributed by atoms with E-state index in [0.717, 1.165) is 37.0 Å². The average Bonchev–Trinajstić information content (AvgIpc) is 3.03. The van der Waals surface area contributed by atoms with Gasteiger partial charge in [-0.2, -0.15) is 13.2 Å². The van der Waals surface area contributed by atoms with Crippen LogP contribution in [0.2, 0.25) is 0 Å². The quantitative estimate of drug-likeness (QED) is 0.660. The summed E-state index contributed by atoms with van der Waals surface area (Å²) in [5.41, 5.74) is -3.16. The number of carbonyl (C=O) groups is 3. The van der Waals surface area contributed by atoms with Crippen LogP contribution in [0, 0.1) is 5.92 Å². The highest BCUT2D eigenvalue weighted by Crippen LogP contribution is 2.48. The van der Waals surface area contributed by atoms with E-state index in [9.17, 15) is 27.6 Å². The number of halogens is 3. The highest BCUT2D eigenvalue weighted by Gasteiger charge is 2.70. The molecule has 2 amide bonds. The van der Waals surface area contributed by atoms with Gasteiger partial charge in [0.1, 0.15) is 0 Å². The lowest BCUT2D eigenvalue weighted by molar-refractivity contribution is -0.194. The lowest BCUT2D eigenvalue weighted by Crippen LogP contribution is -2.66. The molecule has 1 aromatic carbocycles. The molecule has 5 nitrogen and oxygen atoms in total. The van der Waals surface area contributed by atoms with Crippen LogP contribution in [0.5, 0.6) is 0 Å². The van der Waals surface area contributed by atoms with Gasteiger partial charge in [-0.05, 0) is 30.7 Å². The molecule has 1 aliphatic heterocycles. The minimum Gasteiger partial charge on any atom is -0.330 e. The minimum absolute atomic E-state index is 0.0684. The van der Waals surface area contributed by atoms with E-state index < -0.39 is 34.9 Å². The first-order valence-corrected chi connectivity index (χ1v) is 11.7. The van der Waals surface area contributed by atoms with Crippen molar-refractivity contribution in [2.24, 2.45) is 5.92 Å². The minimum atomic E-state index is -5.14. The molecule has 0 bridgehead atoms. The molecule has 0 spiro atoms. The number of amides is 2. The van der Waals surface area contributed by atoms with Gasteiger partial charge in [0.15, 0.2) is 5.78 Å². The third-order valence-corrected chi connectivity index (χ3v) is 7.09. The van der Waals surface area contributed by atoms with E-state index in [2.05, 4.69) is 0 Å². The molecule has 1 N–H and O–H groups in total. The Balaban J connectivity index is 1.65. The van der Waals surface area contributed by atoms with E-state index >= 15 is 0 Å². The number of alkyl halides is 3. The van der Waals surface area contributed by atoms with Crippen molar-refractivity contribution in [2.75, 3.05) is 0 Å². The maximum Gasteiger partial charge on any atom is 0.425 e. The van der Waals surface area contributed by atoms with Crippen LogP contribution < -0.4 is 5.32 Å². The number of ketones is 1. The number of allylic oxidation sites excluding steroid dienone is 1. The predicted molar refractivity (Wildman–Crippen MR) is 116 cm³/mol. The van der Waals surface area contributed by atoms with Crippen molar-refractivity contribution in [1.82, 2.24) is 10.2 Å². The molecule has 2 aliphatic carbocycles. The molecule has 3 aliphatic rings. The summed E-state index contributed by atoms with van der Waals surface area (Å²) >= 11 is 0. The molecule has 0 saturated heterocycles. The van der Waals surface area contributed by atoms with Crippen molar-refractivity contribution in [3.63, 3.8) is 0 Å². The number of nitrogens with zero attached hydrogens (tertiary/aromatic N) is 1. The number of benzene rings is 1. The number of nitrogens with one attached hydrogen (secondary N) is 1. The third kappa shape index (κ3) is 4.44. The van der Waals surface area contributed by atoms with Crippen molar-refractivity contribution >= 4 is 17.6 Å². The maximum absolute atomic E-state index is 14.6. The van der Waals surface area contributed by atoms with Gasteiger partial charge in [0.05, 0.1) is 12.1 Å². The summed E-state index contributed by atoms with van der Waals surface area (Å²) in [6.07, 6.45) is 0.967. The Bertz CT molecular complexity index is 951. The van der Waals surface area contributed by atoms with Crippen molar-refractivity contribution < 1.29 is 27.6 Å². The van der Waals surface area contributed by atoms with Crippen LogP contribution in [-0.4, -0.2) is 34.2 Å². The second kappa shape index (κ2) is 9.31. The predicted octanol–water partition coefficient (Wildman–Crippen LogP) is 4.81. The Labute approximate surface area is 191 Å². The Morgan fingerprint density at radius 3 is 2.39 bits per heavy atom. The van der Waals surface area contributed by atoms with Crippen LogP contribution in [0.25, 0.3) is 0 Å². The molecule has 1 saturated carbocycles. The fourth-order valence-corrected chi connectivity index (χ4v) is 5.42. The molecule has 1 heterocycles. The molecule has 0 aromatic heterocycles. The van der Waals surface area contributed by atoms with Crippen molar-refractivity contribution in [3.05, 3.63) is 47.2 Å². The molecular formula is C25H29F3N2O3. The number of carbonyl (C=O) groups excluding carboxylic acids is 3. The molecule has 1 atom stereocenters. The van der Waals surface area contributed by atoms with Crippen molar-refractivity contribution in [3.8, 4) is 0 Å². The molecule has 4 rings (SSSR count). The lowest BCUT2D eigenvalue weighted by Gasteiger charge is -2.34. The van der Waals surface area contributed by atoms with E-state index in [4.69, 9.17) is 0 Å². The van der Waals surface area contributed by atoms with Gasteiger partial charge in [0.2, 0.25) is 11.4 Å². The van der Waals surface area contributed by atoms with E-state index in [-0.39, 0.29) is 31.5 Å². The maximum atomic E-state index is 14.6. The summed E-state index contributed by atoms with van der Waals surface area (Å²) in [5, 5.41) is 2.03. The van der Waals surface area contributed by atoms with E-state index in [0.29, 0.717) is 24.3 Å².